The summed E-state index contributed by atoms with van der Waals surface area (Å²) in [5.41, 5.74) is 0.349. The standard InChI is InChI=1S/C22H35N5O2S/c1-3-27-20(26-4-6-29-7-5-26)24-25-21(27)30-14-19(28)23-15(2)22-11-16-8-17(12-22)10-18(9-16)13-22/h15-18H,3-14H2,1-2H3,(H,23,28)/t15-,16?,17?,18?,22?/m0/s1. The van der Waals surface area contributed by atoms with E-state index in [9.17, 15) is 4.79 Å². The van der Waals surface area contributed by atoms with Gasteiger partial charge >= 0.3 is 0 Å². The number of hydrogen-bond donors (Lipinski definition) is 1. The van der Waals surface area contributed by atoms with Crippen LogP contribution in [-0.2, 0) is 16.1 Å². The molecule has 1 amide bonds. The van der Waals surface area contributed by atoms with E-state index in [1.165, 1.54) is 50.3 Å². The van der Waals surface area contributed by atoms with Gasteiger partial charge in [0, 0.05) is 25.7 Å². The molecule has 1 atom stereocenters. The van der Waals surface area contributed by atoms with Crippen LogP contribution in [0.3, 0.4) is 0 Å². The average molecular weight is 434 g/mol. The molecular weight excluding hydrogens is 398 g/mol. The average Bonchev–Trinajstić information content (AvgIpc) is 3.15. The highest BCUT2D eigenvalue weighted by molar-refractivity contribution is 7.99. The number of carbonyl (C=O) groups excluding carboxylic acids is 1. The molecule has 0 unspecified atom stereocenters. The van der Waals surface area contributed by atoms with Crippen LogP contribution < -0.4 is 10.2 Å². The summed E-state index contributed by atoms with van der Waals surface area (Å²) in [5, 5.41) is 13.0. The van der Waals surface area contributed by atoms with Crippen LogP contribution >= 0.6 is 11.8 Å². The van der Waals surface area contributed by atoms with Gasteiger partial charge in [-0.15, -0.1) is 10.2 Å². The third kappa shape index (κ3) is 3.85. The second-order valence-electron chi connectivity index (χ2n) is 9.98. The van der Waals surface area contributed by atoms with E-state index in [0.717, 1.165) is 61.7 Å². The van der Waals surface area contributed by atoms with E-state index in [0.29, 0.717) is 11.2 Å². The molecule has 0 aromatic carbocycles. The molecule has 0 radical (unpaired) electrons. The number of anilines is 1. The summed E-state index contributed by atoms with van der Waals surface area (Å²) in [6.45, 7) is 8.28. The molecule has 1 saturated heterocycles. The molecule has 2 heterocycles. The van der Waals surface area contributed by atoms with Crippen LogP contribution in [0.4, 0.5) is 5.95 Å². The summed E-state index contributed by atoms with van der Waals surface area (Å²) in [7, 11) is 0. The molecule has 4 saturated carbocycles. The highest BCUT2D eigenvalue weighted by Gasteiger charge is 2.53. The van der Waals surface area contributed by atoms with Crippen molar-refractivity contribution in [3.63, 3.8) is 0 Å². The van der Waals surface area contributed by atoms with Gasteiger partial charge in [0.15, 0.2) is 5.16 Å². The second-order valence-corrected chi connectivity index (χ2v) is 10.9. The van der Waals surface area contributed by atoms with Gasteiger partial charge in [0.2, 0.25) is 11.9 Å². The van der Waals surface area contributed by atoms with Crippen molar-refractivity contribution in [3.8, 4) is 0 Å². The summed E-state index contributed by atoms with van der Waals surface area (Å²) >= 11 is 1.50. The first-order valence-corrected chi connectivity index (χ1v) is 12.7. The maximum absolute atomic E-state index is 12.8. The molecule has 1 aromatic rings. The predicted molar refractivity (Wildman–Crippen MR) is 118 cm³/mol. The lowest BCUT2D eigenvalue weighted by Crippen LogP contribution is -2.56. The van der Waals surface area contributed by atoms with Crippen molar-refractivity contribution in [2.24, 2.45) is 23.2 Å². The molecule has 6 rings (SSSR count). The van der Waals surface area contributed by atoms with Gasteiger partial charge in [-0.05, 0) is 75.5 Å². The minimum atomic E-state index is 0.127. The molecule has 166 valence electrons. The largest absolute Gasteiger partial charge is 0.378 e. The van der Waals surface area contributed by atoms with Crippen LogP contribution in [0.15, 0.2) is 5.16 Å². The van der Waals surface area contributed by atoms with E-state index in [1.54, 1.807) is 0 Å². The number of aromatic nitrogens is 3. The Morgan fingerprint density at radius 1 is 1.17 bits per heavy atom. The third-order valence-electron chi connectivity index (χ3n) is 8.02. The van der Waals surface area contributed by atoms with Crippen LogP contribution in [0.2, 0.25) is 0 Å². The maximum atomic E-state index is 12.8. The second kappa shape index (κ2) is 8.34. The van der Waals surface area contributed by atoms with Gasteiger partial charge in [-0.1, -0.05) is 11.8 Å². The molecular formula is C22H35N5O2S. The Hall–Kier alpha value is -1.28. The van der Waals surface area contributed by atoms with Crippen molar-refractivity contribution < 1.29 is 9.53 Å². The van der Waals surface area contributed by atoms with Gasteiger partial charge in [0.1, 0.15) is 0 Å². The molecule has 8 heteroatoms. The molecule has 0 spiro atoms. The summed E-state index contributed by atoms with van der Waals surface area (Å²) in [4.78, 5) is 15.0. The van der Waals surface area contributed by atoms with Crippen LogP contribution in [0, 0.1) is 23.2 Å². The topological polar surface area (TPSA) is 72.3 Å². The fourth-order valence-corrected chi connectivity index (χ4v) is 7.74. The number of amides is 1. The Bertz CT molecular complexity index is 740. The van der Waals surface area contributed by atoms with Crippen LogP contribution in [0.5, 0.6) is 0 Å². The highest BCUT2D eigenvalue weighted by atomic mass is 32.2. The highest BCUT2D eigenvalue weighted by Crippen LogP contribution is 2.61. The minimum absolute atomic E-state index is 0.127. The number of carbonyl (C=O) groups is 1. The summed E-state index contributed by atoms with van der Waals surface area (Å²) in [6, 6.07) is 0.270. The molecule has 1 aliphatic heterocycles. The van der Waals surface area contributed by atoms with Gasteiger partial charge in [0.05, 0.1) is 19.0 Å². The minimum Gasteiger partial charge on any atom is -0.378 e. The molecule has 4 aliphatic carbocycles. The lowest BCUT2D eigenvalue weighted by atomic mass is 9.48. The number of thioether (sulfide) groups is 1. The zero-order valence-corrected chi connectivity index (χ0v) is 19.1. The maximum Gasteiger partial charge on any atom is 0.230 e. The Labute approximate surface area is 183 Å². The van der Waals surface area contributed by atoms with Crippen molar-refractivity contribution in [2.45, 2.75) is 70.1 Å². The number of nitrogens with one attached hydrogen (secondary N) is 1. The van der Waals surface area contributed by atoms with E-state index >= 15 is 0 Å². The molecule has 5 aliphatic rings. The quantitative estimate of drug-likeness (QED) is 0.667. The third-order valence-corrected chi connectivity index (χ3v) is 8.99. The van der Waals surface area contributed by atoms with E-state index in [2.05, 4.69) is 38.8 Å². The van der Waals surface area contributed by atoms with E-state index in [4.69, 9.17) is 4.74 Å². The smallest absolute Gasteiger partial charge is 0.230 e. The lowest BCUT2D eigenvalue weighted by molar-refractivity contribution is -0.123. The van der Waals surface area contributed by atoms with Crippen molar-refractivity contribution in [2.75, 3.05) is 37.0 Å². The van der Waals surface area contributed by atoms with Crippen LogP contribution in [0.25, 0.3) is 0 Å². The molecule has 30 heavy (non-hydrogen) atoms. The first-order chi connectivity index (χ1) is 14.6. The lowest BCUT2D eigenvalue weighted by Gasteiger charge is -2.59. The first kappa shape index (κ1) is 20.6. The van der Waals surface area contributed by atoms with Gasteiger partial charge in [-0.25, -0.2) is 0 Å². The first-order valence-electron chi connectivity index (χ1n) is 11.7. The monoisotopic (exact) mass is 433 g/mol. The van der Waals surface area contributed by atoms with Crippen molar-refractivity contribution in [1.29, 1.82) is 0 Å². The number of hydrogen-bond acceptors (Lipinski definition) is 6. The normalized spacial score (nSPS) is 33.7. The predicted octanol–water partition coefficient (Wildman–Crippen LogP) is 2.95. The summed E-state index contributed by atoms with van der Waals surface area (Å²) in [6.07, 6.45) is 8.28. The summed E-state index contributed by atoms with van der Waals surface area (Å²) in [5.74, 6) is 4.15. The number of ether oxygens (including phenoxy) is 1. The molecule has 1 aromatic heterocycles. The van der Waals surface area contributed by atoms with E-state index in [1.807, 2.05) is 0 Å². The van der Waals surface area contributed by atoms with Gasteiger partial charge in [-0.2, -0.15) is 0 Å². The molecule has 4 bridgehead atoms. The Morgan fingerprint density at radius 2 is 1.80 bits per heavy atom. The van der Waals surface area contributed by atoms with Crippen LogP contribution in [0.1, 0.15) is 52.4 Å². The van der Waals surface area contributed by atoms with Crippen molar-refractivity contribution in [1.82, 2.24) is 20.1 Å². The Balaban J connectivity index is 1.18. The molecule has 7 nitrogen and oxygen atoms in total. The molecule has 1 N–H and O–H groups in total. The van der Waals surface area contributed by atoms with Gasteiger partial charge < -0.3 is 15.0 Å². The van der Waals surface area contributed by atoms with Crippen molar-refractivity contribution >= 4 is 23.6 Å². The fourth-order valence-electron chi connectivity index (χ4n) is 6.94. The molecule has 5 fully saturated rings. The van der Waals surface area contributed by atoms with Crippen molar-refractivity contribution in [3.05, 3.63) is 0 Å². The van der Waals surface area contributed by atoms with E-state index < -0.39 is 0 Å². The number of rotatable bonds is 7. The van der Waals surface area contributed by atoms with Gasteiger partial charge in [0.25, 0.3) is 0 Å². The number of morpholine rings is 1. The Morgan fingerprint density at radius 3 is 2.40 bits per heavy atom. The SMILES string of the molecule is CCn1c(SCC(=O)N[C@@H](C)C23CC4CC(CC(C4)C2)C3)nnc1N1CCOCC1. The summed E-state index contributed by atoms with van der Waals surface area (Å²) < 4.78 is 7.56. The Kier molecular flexibility index (Phi) is 5.73. The zero-order valence-electron chi connectivity index (χ0n) is 18.3. The zero-order chi connectivity index (χ0) is 20.7. The fraction of sp³-hybridized carbons (Fsp3) is 0.864. The van der Waals surface area contributed by atoms with E-state index in [-0.39, 0.29) is 11.9 Å². The van der Waals surface area contributed by atoms with Gasteiger partial charge in [-0.3, -0.25) is 9.36 Å². The number of nitrogens with zero attached hydrogens (tertiary/aromatic N) is 4. The van der Waals surface area contributed by atoms with Crippen LogP contribution in [-0.4, -0.2) is 58.8 Å².